The Hall–Kier alpha value is -6.06. The molecule has 45 heavy (non-hydrogen) atoms. The van der Waals surface area contributed by atoms with Crippen molar-refractivity contribution in [1.82, 2.24) is 9.13 Å². The summed E-state index contributed by atoms with van der Waals surface area (Å²) >= 11 is 0. The molecule has 0 radical (unpaired) electrons. The van der Waals surface area contributed by atoms with Crippen molar-refractivity contribution in [3.8, 4) is 22.5 Å². The number of rotatable bonds is 3. The van der Waals surface area contributed by atoms with Crippen molar-refractivity contribution in [2.75, 3.05) is 0 Å². The van der Waals surface area contributed by atoms with Gasteiger partial charge in [0.1, 0.15) is 11.2 Å². The summed E-state index contributed by atoms with van der Waals surface area (Å²) in [5.74, 6) is 0. The van der Waals surface area contributed by atoms with Gasteiger partial charge in [0.05, 0.1) is 22.1 Å². The van der Waals surface area contributed by atoms with Crippen molar-refractivity contribution in [2.45, 2.75) is 0 Å². The van der Waals surface area contributed by atoms with Crippen molar-refractivity contribution in [3.05, 3.63) is 158 Å². The van der Waals surface area contributed by atoms with Gasteiger partial charge in [0, 0.05) is 43.7 Å². The van der Waals surface area contributed by atoms with Crippen LogP contribution in [0, 0.1) is 0 Å². The zero-order chi connectivity index (χ0) is 29.5. The van der Waals surface area contributed by atoms with Crippen LogP contribution in [0.1, 0.15) is 0 Å². The van der Waals surface area contributed by atoms with Crippen LogP contribution in [0.4, 0.5) is 0 Å². The molecule has 3 aromatic heterocycles. The van der Waals surface area contributed by atoms with Crippen LogP contribution in [0.15, 0.2) is 162 Å². The topological polar surface area (TPSA) is 23.0 Å². The van der Waals surface area contributed by atoms with Crippen molar-refractivity contribution in [1.29, 1.82) is 0 Å². The Morgan fingerprint density at radius 1 is 0.378 bits per heavy atom. The summed E-state index contributed by atoms with van der Waals surface area (Å²) in [6.07, 6.45) is 0. The van der Waals surface area contributed by atoms with Gasteiger partial charge in [0.15, 0.2) is 0 Å². The number of benzene rings is 7. The fourth-order valence-electron chi connectivity index (χ4n) is 7.41. The molecule has 210 valence electrons. The lowest BCUT2D eigenvalue weighted by atomic mass is 9.95. The molecule has 0 aliphatic carbocycles. The largest absolute Gasteiger partial charge is 0.456 e. The molecular weight excluding hydrogens is 548 g/mol. The molecule has 0 spiro atoms. The van der Waals surface area contributed by atoms with E-state index in [1.807, 2.05) is 12.1 Å². The standard InChI is InChI=1S/C42H26N2O/c1-3-13-28(14-4-1)43-36-20-10-7-17-30(36)35-26-33(27-23-24-39-34(25-27)31-18-9-12-22-38(31)45-39)40-32-19-8-11-21-37(32)44(42(40)41(35)43)29-15-5-2-6-16-29/h1-26H. The Morgan fingerprint density at radius 3 is 1.67 bits per heavy atom. The molecule has 3 heterocycles. The number of aromatic nitrogens is 2. The zero-order valence-electron chi connectivity index (χ0n) is 24.3. The van der Waals surface area contributed by atoms with Gasteiger partial charge in [-0.2, -0.15) is 0 Å². The van der Waals surface area contributed by atoms with E-state index in [1.54, 1.807) is 0 Å². The minimum absolute atomic E-state index is 0.907. The van der Waals surface area contributed by atoms with Crippen LogP contribution < -0.4 is 0 Å². The molecule has 0 amide bonds. The Labute approximate surface area is 258 Å². The number of fused-ring (bicyclic) bond motifs is 10. The van der Waals surface area contributed by atoms with Crippen molar-refractivity contribution < 1.29 is 4.42 Å². The lowest BCUT2D eigenvalue weighted by Crippen LogP contribution is -1.98. The molecule has 10 aromatic rings. The van der Waals surface area contributed by atoms with Gasteiger partial charge in [-0.05, 0) is 71.8 Å². The molecule has 0 saturated heterocycles. The number of furan rings is 1. The fraction of sp³-hybridized carbons (Fsp3) is 0. The first-order valence-corrected chi connectivity index (χ1v) is 15.4. The molecule has 0 unspecified atom stereocenters. The Morgan fingerprint density at radius 2 is 0.933 bits per heavy atom. The highest BCUT2D eigenvalue weighted by atomic mass is 16.3. The summed E-state index contributed by atoms with van der Waals surface area (Å²) in [6.45, 7) is 0. The maximum Gasteiger partial charge on any atom is 0.135 e. The van der Waals surface area contributed by atoms with E-state index in [0.29, 0.717) is 0 Å². The predicted octanol–water partition coefficient (Wildman–Crippen LogP) is 11.4. The summed E-state index contributed by atoms with van der Waals surface area (Å²) in [4.78, 5) is 0. The van der Waals surface area contributed by atoms with Gasteiger partial charge >= 0.3 is 0 Å². The SMILES string of the molecule is c1ccc(-n2c3ccccc3c3cc(-c4ccc5oc6ccccc6c5c4)c4c5ccccc5n(-c5ccccc5)c4c32)cc1. The van der Waals surface area contributed by atoms with Crippen LogP contribution in [0.25, 0.3) is 88.1 Å². The molecule has 0 aliphatic heterocycles. The monoisotopic (exact) mass is 574 g/mol. The molecule has 0 saturated carbocycles. The van der Waals surface area contributed by atoms with Crippen molar-refractivity contribution in [2.24, 2.45) is 0 Å². The lowest BCUT2D eigenvalue weighted by molar-refractivity contribution is 0.669. The lowest BCUT2D eigenvalue weighted by Gasteiger charge is -2.14. The van der Waals surface area contributed by atoms with Gasteiger partial charge in [0.2, 0.25) is 0 Å². The number of hydrogen-bond donors (Lipinski definition) is 0. The van der Waals surface area contributed by atoms with Gasteiger partial charge in [-0.1, -0.05) is 97.1 Å². The highest BCUT2D eigenvalue weighted by Gasteiger charge is 2.24. The Bertz CT molecular complexity index is 2740. The first-order chi connectivity index (χ1) is 22.3. The van der Waals surface area contributed by atoms with Crippen LogP contribution in [0.2, 0.25) is 0 Å². The fourth-order valence-corrected chi connectivity index (χ4v) is 7.41. The third kappa shape index (κ3) is 3.41. The number of para-hydroxylation sites is 5. The average molecular weight is 575 g/mol. The van der Waals surface area contributed by atoms with Crippen LogP contribution in [0.5, 0.6) is 0 Å². The van der Waals surface area contributed by atoms with Crippen molar-refractivity contribution >= 4 is 65.6 Å². The maximum atomic E-state index is 6.24. The first kappa shape index (κ1) is 24.4. The molecule has 3 heteroatoms. The highest BCUT2D eigenvalue weighted by molar-refractivity contribution is 6.28. The zero-order valence-corrected chi connectivity index (χ0v) is 24.3. The third-order valence-electron chi connectivity index (χ3n) is 9.29. The summed E-state index contributed by atoms with van der Waals surface area (Å²) < 4.78 is 11.1. The van der Waals surface area contributed by atoms with Crippen LogP contribution in [0.3, 0.4) is 0 Å². The quantitative estimate of drug-likeness (QED) is 0.206. The molecule has 3 nitrogen and oxygen atoms in total. The van der Waals surface area contributed by atoms with Crippen LogP contribution in [-0.4, -0.2) is 9.13 Å². The minimum atomic E-state index is 0.907. The van der Waals surface area contributed by atoms with E-state index in [4.69, 9.17) is 4.42 Å². The van der Waals surface area contributed by atoms with Crippen LogP contribution >= 0.6 is 0 Å². The second-order valence-corrected chi connectivity index (χ2v) is 11.7. The molecule has 0 N–H and O–H groups in total. The van der Waals surface area contributed by atoms with Crippen LogP contribution in [-0.2, 0) is 0 Å². The first-order valence-electron chi connectivity index (χ1n) is 15.4. The van der Waals surface area contributed by atoms with E-state index in [9.17, 15) is 0 Å². The smallest absolute Gasteiger partial charge is 0.135 e. The summed E-state index contributed by atoms with van der Waals surface area (Å²) in [5.41, 5.74) is 11.3. The molecular formula is C42H26N2O. The molecule has 0 fully saturated rings. The molecule has 0 aliphatic rings. The van der Waals surface area contributed by atoms with E-state index >= 15 is 0 Å². The number of nitrogens with zero attached hydrogens (tertiary/aromatic N) is 2. The van der Waals surface area contributed by atoms with Gasteiger partial charge in [-0.3, -0.25) is 0 Å². The Kier molecular flexibility index (Phi) is 5.00. The second-order valence-electron chi connectivity index (χ2n) is 11.7. The average Bonchev–Trinajstić information content (AvgIpc) is 3.76. The highest BCUT2D eigenvalue weighted by Crippen LogP contribution is 2.46. The van der Waals surface area contributed by atoms with Gasteiger partial charge in [-0.25, -0.2) is 0 Å². The third-order valence-corrected chi connectivity index (χ3v) is 9.29. The normalized spacial score (nSPS) is 12.0. The Balaban J connectivity index is 1.46. The van der Waals surface area contributed by atoms with Gasteiger partial charge in [0.25, 0.3) is 0 Å². The second kappa shape index (κ2) is 9.22. The van der Waals surface area contributed by atoms with Crippen molar-refractivity contribution in [3.63, 3.8) is 0 Å². The van der Waals surface area contributed by atoms with E-state index in [1.165, 1.54) is 54.7 Å². The van der Waals surface area contributed by atoms with E-state index in [0.717, 1.165) is 33.3 Å². The molecule has 0 atom stereocenters. The molecule has 0 bridgehead atoms. The molecule has 10 rings (SSSR count). The van der Waals surface area contributed by atoms with E-state index in [-0.39, 0.29) is 0 Å². The van der Waals surface area contributed by atoms with E-state index < -0.39 is 0 Å². The summed E-state index contributed by atoms with van der Waals surface area (Å²) in [7, 11) is 0. The summed E-state index contributed by atoms with van der Waals surface area (Å²) in [6, 6.07) is 56.5. The maximum absolute atomic E-state index is 6.24. The minimum Gasteiger partial charge on any atom is -0.456 e. The number of hydrogen-bond acceptors (Lipinski definition) is 1. The van der Waals surface area contributed by atoms with Gasteiger partial charge < -0.3 is 13.6 Å². The van der Waals surface area contributed by atoms with Gasteiger partial charge in [-0.15, -0.1) is 0 Å². The molecule has 7 aromatic carbocycles. The summed E-state index contributed by atoms with van der Waals surface area (Å²) in [5, 5.41) is 7.21. The predicted molar refractivity (Wildman–Crippen MR) is 188 cm³/mol. The van der Waals surface area contributed by atoms with E-state index in [2.05, 4.69) is 155 Å².